The normalized spacial score (nSPS) is 16.0. The number of hydrogen-bond donors (Lipinski definition) is 1. The second-order valence-corrected chi connectivity index (χ2v) is 2.97. The third kappa shape index (κ3) is 1.76. The molecule has 1 saturated heterocycles. The number of nitrogens with two attached hydrogens (primary N) is 1. The smallest absolute Gasteiger partial charge is 0.410 e. The molecule has 1 aliphatic heterocycles. The molecule has 1 aromatic heterocycles. The van der Waals surface area contributed by atoms with Gasteiger partial charge >= 0.3 is 6.09 Å². The van der Waals surface area contributed by atoms with Crippen LogP contribution in [0.5, 0.6) is 0 Å². The molecule has 2 rings (SSSR count). The maximum absolute atomic E-state index is 11.0. The van der Waals surface area contributed by atoms with Gasteiger partial charge in [0.1, 0.15) is 6.61 Å². The number of carbonyl (C=O) groups excluding carboxylic acids is 1. The summed E-state index contributed by atoms with van der Waals surface area (Å²) in [4.78, 5) is 14.1. The van der Waals surface area contributed by atoms with Gasteiger partial charge in [0.15, 0.2) is 5.82 Å². The molecule has 0 spiro atoms. The third-order valence-electron chi connectivity index (χ3n) is 1.97. The van der Waals surface area contributed by atoms with E-state index in [9.17, 15) is 4.79 Å². The summed E-state index contributed by atoms with van der Waals surface area (Å²) in [7, 11) is 0. The molecule has 0 aliphatic carbocycles. The maximum atomic E-state index is 11.0. The topological polar surface area (TPSA) is 86.3 Å². The summed E-state index contributed by atoms with van der Waals surface area (Å²) in [5.74, 6) is 0.383. The van der Waals surface area contributed by atoms with E-state index < -0.39 is 0 Å². The van der Waals surface area contributed by atoms with Crippen LogP contribution in [-0.2, 0) is 11.3 Å². The van der Waals surface area contributed by atoms with Crippen LogP contribution in [0.1, 0.15) is 0 Å². The van der Waals surface area contributed by atoms with Crippen molar-refractivity contribution in [3.63, 3.8) is 0 Å². The highest BCUT2D eigenvalue weighted by molar-refractivity contribution is 5.69. The zero-order valence-electron chi connectivity index (χ0n) is 7.59. The Balaban J connectivity index is 1.85. The number of cyclic esters (lactones) is 1. The van der Waals surface area contributed by atoms with Crippen molar-refractivity contribution in [3.05, 3.63) is 6.20 Å². The van der Waals surface area contributed by atoms with E-state index in [-0.39, 0.29) is 6.09 Å². The molecule has 0 radical (unpaired) electrons. The van der Waals surface area contributed by atoms with Crippen LogP contribution in [0.25, 0.3) is 0 Å². The van der Waals surface area contributed by atoms with E-state index >= 15 is 0 Å². The van der Waals surface area contributed by atoms with E-state index in [1.54, 1.807) is 4.90 Å². The lowest BCUT2D eigenvalue weighted by Gasteiger charge is -2.10. The maximum Gasteiger partial charge on any atom is 0.410 e. The summed E-state index contributed by atoms with van der Waals surface area (Å²) in [5, 5.41) is 7.80. The van der Waals surface area contributed by atoms with Crippen molar-refractivity contribution in [2.75, 3.05) is 25.4 Å². The summed E-state index contributed by atoms with van der Waals surface area (Å²) >= 11 is 0. The van der Waals surface area contributed by atoms with E-state index in [0.29, 0.717) is 32.1 Å². The van der Waals surface area contributed by atoms with Crippen molar-refractivity contribution in [2.45, 2.75) is 6.54 Å². The minimum absolute atomic E-state index is 0.273. The molecule has 0 unspecified atom stereocenters. The quantitative estimate of drug-likeness (QED) is 0.693. The number of nitrogens with zero attached hydrogens (tertiary/aromatic N) is 4. The van der Waals surface area contributed by atoms with Gasteiger partial charge in [0, 0.05) is 6.54 Å². The predicted molar refractivity (Wildman–Crippen MR) is 47.4 cm³/mol. The minimum atomic E-state index is -0.273. The van der Waals surface area contributed by atoms with Crippen LogP contribution in [0.3, 0.4) is 0 Å². The van der Waals surface area contributed by atoms with Gasteiger partial charge in [0.25, 0.3) is 0 Å². The van der Waals surface area contributed by atoms with Crippen LogP contribution in [0.2, 0.25) is 0 Å². The summed E-state index contributed by atoms with van der Waals surface area (Å²) in [5.41, 5.74) is 5.39. The molecule has 0 bridgehead atoms. The molecule has 76 valence electrons. The number of amides is 1. The van der Waals surface area contributed by atoms with E-state index in [1.807, 2.05) is 0 Å². The Hall–Kier alpha value is -1.79. The highest BCUT2D eigenvalue weighted by Gasteiger charge is 2.21. The Kier molecular flexibility index (Phi) is 2.21. The zero-order chi connectivity index (χ0) is 9.97. The zero-order valence-corrected chi connectivity index (χ0v) is 7.59. The number of hydrogen-bond acceptors (Lipinski definition) is 5. The SMILES string of the molecule is Nc1cnn(CCN2CCOC2=O)n1. The van der Waals surface area contributed by atoms with E-state index in [2.05, 4.69) is 10.2 Å². The first-order valence-electron chi connectivity index (χ1n) is 4.33. The number of anilines is 1. The Morgan fingerprint density at radius 1 is 1.57 bits per heavy atom. The summed E-state index contributed by atoms with van der Waals surface area (Å²) in [6, 6.07) is 0. The Labute approximate surface area is 80.4 Å². The van der Waals surface area contributed by atoms with Crippen LogP contribution in [0.15, 0.2) is 6.20 Å². The largest absolute Gasteiger partial charge is 0.448 e. The molecule has 7 heteroatoms. The average Bonchev–Trinajstić information content (AvgIpc) is 2.72. The van der Waals surface area contributed by atoms with Gasteiger partial charge in [-0.05, 0) is 0 Å². The van der Waals surface area contributed by atoms with Crippen LogP contribution in [0.4, 0.5) is 10.6 Å². The molecule has 2 heterocycles. The van der Waals surface area contributed by atoms with Gasteiger partial charge in [0.05, 0.1) is 19.3 Å². The highest BCUT2D eigenvalue weighted by Crippen LogP contribution is 2.02. The molecule has 0 aromatic carbocycles. The molecular weight excluding hydrogens is 186 g/mol. The van der Waals surface area contributed by atoms with Crippen LogP contribution in [-0.4, -0.2) is 45.7 Å². The standard InChI is InChI=1S/C7H11N5O2/c8-6-5-9-12(10-6)2-1-11-3-4-14-7(11)13/h5H,1-4H2,(H2,8,10). The van der Waals surface area contributed by atoms with Crippen molar-refractivity contribution in [1.82, 2.24) is 19.9 Å². The second-order valence-electron chi connectivity index (χ2n) is 2.97. The van der Waals surface area contributed by atoms with E-state index in [1.165, 1.54) is 11.0 Å². The summed E-state index contributed by atoms with van der Waals surface area (Å²) < 4.78 is 4.77. The van der Waals surface area contributed by atoms with Crippen molar-refractivity contribution < 1.29 is 9.53 Å². The molecule has 2 N–H and O–H groups in total. The first-order chi connectivity index (χ1) is 6.75. The number of aromatic nitrogens is 3. The minimum Gasteiger partial charge on any atom is -0.448 e. The molecule has 0 saturated carbocycles. The lowest BCUT2D eigenvalue weighted by Crippen LogP contribution is -2.28. The number of carbonyl (C=O) groups is 1. The molecular formula is C7H11N5O2. The lowest BCUT2D eigenvalue weighted by atomic mass is 10.5. The lowest BCUT2D eigenvalue weighted by molar-refractivity contribution is 0.157. The molecule has 7 nitrogen and oxygen atoms in total. The molecule has 14 heavy (non-hydrogen) atoms. The second kappa shape index (κ2) is 3.52. The van der Waals surface area contributed by atoms with Gasteiger partial charge < -0.3 is 15.4 Å². The van der Waals surface area contributed by atoms with Crippen molar-refractivity contribution in [2.24, 2.45) is 0 Å². The number of ether oxygens (including phenoxy) is 1. The van der Waals surface area contributed by atoms with E-state index in [4.69, 9.17) is 10.5 Å². The van der Waals surface area contributed by atoms with Crippen molar-refractivity contribution in [3.8, 4) is 0 Å². The summed E-state index contributed by atoms with van der Waals surface area (Å²) in [6.07, 6.45) is 1.20. The van der Waals surface area contributed by atoms with Crippen LogP contribution < -0.4 is 5.73 Å². The molecule has 1 fully saturated rings. The van der Waals surface area contributed by atoms with Gasteiger partial charge in [-0.2, -0.15) is 9.90 Å². The molecule has 0 atom stereocenters. The third-order valence-corrected chi connectivity index (χ3v) is 1.97. The molecule has 1 aromatic rings. The number of rotatable bonds is 3. The number of nitrogen functional groups attached to an aromatic ring is 1. The molecule has 1 amide bonds. The molecule has 1 aliphatic rings. The van der Waals surface area contributed by atoms with Gasteiger partial charge in [0.2, 0.25) is 0 Å². The van der Waals surface area contributed by atoms with Gasteiger partial charge in [-0.1, -0.05) is 0 Å². The van der Waals surface area contributed by atoms with Gasteiger partial charge in [-0.3, -0.25) is 0 Å². The summed E-state index contributed by atoms with van der Waals surface area (Å²) in [6.45, 7) is 2.18. The van der Waals surface area contributed by atoms with Crippen molar-refractivity contribution in [1.29, 1.82) is 0 Å². The Morgan fingerprint density at radius 2 is 2.43 bits per heavy atom. The van der Waals surface area contributed by atoms with Crippen LogP contribution >= 0.6 is 0 Å². The van der Waals surface area contributed by atoms with Gasteiger partial charge in [-0.25, -0.2) is 4.79 Å². The van der Waals surface area contributed by atoms with Crippen molar-refractivity contribution >= 4 is 11.9 Å². The monoisotopic (exact) mass is 197 g/mol. The average molecular weight is 197 g/mol. The van der Waals surface area contributed by atoms with E-state index in [0.717, 1.165) is 0 Å². The Morgan fingerprint density at radius 3 is 3.00 bits per heavy atom. The van der Waals surface area contributed by atoms with Crippen LogP contribution in [0, 0.1) is 0 Å². The first kappa shape index (κ1) is 8.79. The van der Waals surface area contributed by atoms with Gasteiger partial charge in [-0.15, -0.1) is 5.10 Å². The Bertz CT molecular complexity index is 337. The fourth-order valence-electron chi connectivity index (χ4n) is 1.26. The fraction of sp³-hybridized carbons (Fsp3) is 0.571. The fourth-order valence-corrected chi connectivity index (χ4v) is 1.26. The highest BCUT2D eigenvalue weighted by atomic mass is 16.6. The first-order valence-corrected chi connectivity index (χ1v) is 4.33. The predicted octanol–water partition coefficient (Wildman–Crippen LogP) is -0.687.